The summed E-state index contributed by atoms with van der Waals surface area (Å²) in [5.74, 6) is -0.576. The lowest BCUT2D eigenvalue weighted by Gasteiger charge is -2.15. The van der Waals surface area contributed by atoms with Gasteiger partial charge in [0.2, 0.25) is 0 Å². The van der Waals surface area contributed by atoms with E-state index in [-0.39, 0.29) is 18.2 Å². The molecule has 1 aromatic rings. The Hall–Kier alpha value is -2.18. The molecule has 0 aliphatic heterocycles. The van der Waals surface area contributed by atoms with E-state index < -0.39 is 5.91 Å². The van der Waals surface area contributed by atoms with Gasteiger partial charge in [-0.25, -0.2) is 0 Å². The number of nitrogens with zero attached hydrogens (tertiary/aromatic N) is 3. The van der Waals surface area contributed by atoms with Gasteiger partial charge in [0, 0.05) is 7.05 Å². The molecule has 1 aromatic heterocycles. The maximum Gasteiger partial charge on any atom is 0.325 e. The molecule has 7 nitrogen and oxygen atoms in total. The zero-order valence-corrected chi connectivity index (χ0v) is 9.01. The minimum absolute atomic E-state index is 0.0566. The van der Waals surface area contributed by atoms with Crippen molar-refractivity contribution >= 4 is 17.7 Å². The van der Waals surface area contributed by atoms with E-state index in [4.69, 9.17) is 5.73 Å². The van der Waals surface area contributed by atoms with Gasteiger partial charge in [-0.05, 0) is 12.1 Å². The number of amides is 1. The number of carbonyl (C=O) groups is 2. The molecule has 1 amide bonds. The van der Waals surface area contributed by atoms with Gasteiger partial charge in [0.15, 0.2) is 11.5 Å². The van der Waals surface area contributed by atoms with Crippen LogP contribution in [0.25, 0.3) is 0 Å². The summed E-state index contributed by atoms with van der Waals surface area (Å²) in [6, 6.07) is 2.99. The fourth-order valence-electron chi connectivity index (χ4n) is 0.999. The Labute approximate surface area is 92.2 Å². The Morgan fingerprint density at radius 1 is 1.44 bits per heavy atom. The standard InChI is InChI=1S/C9H12N4O3/c1-13(5-8(14)16-2)7-4-3-6(9(10)15)11-12-7/h3-4H,5H2,1-2H3,(H2,10,15). The monoisotopic (exact) mass is 224 g/mol. The van der Waals surface area contributed by atoms with Crippen molar-refractivity contribution in [2.45, 2.75) is 0 Å². The lowest BCUT2D eigenvalue weighted by molar-refractivity contribution is -0.138. The number of nitrogens with two attached hydrogens (primary N) is 1. The quantitative estimate of drug-likeness (QED) is 0.671. The Bertz CT molecular complexity index is 390. The average molecular weight is 224 g/mol. The summed E-state index contributed by atoms with van der Waals surface area (Å²) in [7, 11) is 2.96. The van der Waals surface area contributed by atoms with Gasteiger partial charge < -0.3 is 15.4 Å². The molecular formula is C9H12N4O3. The molecule has 0 saturated carbocycles. The molecule has 0 radical (unpaired) electrons. The van der Waals surface area contributed by atoms with E-state index in [1.54, 1.807) is 18.0 Å². The number of hydrogen-bond acceptors (Lipinski definition) is 6. The van der Waals surface area contributed by atoms with Gasteiger partial charge in [-0.3, -0.25) is 9.59 Å². The van der Waals surface area contributed by atoms with Crippen LogP contribution in [0.3, 0.4) is 0 Å². The molecule has 0 bridgehead atoms. The molecule has 0 spiro atoms. The molecule has 0 aromatic carbocycles. The summed E-state index contributed by atoms with van der Waals surface area (Å²) in [6.07, 6.45) is 0. The summed E-state index contributed by atoms with van der Waals surface area (Å²) in [4.78, 5) is 23.3. The largest absolute Gasteiger partial charge is 0.468 e. The Balaban J connectivity index is 2.73. The third-order valence-corrected chi connectivity index (χ3v) is 1.89. The van der Waals surface area contributed by atoms with Crippen LogP contribution in [-0.4, -0.2) is 42.8 Å². The maximum atomic E-state index is 11.0. The molecule has 0 unspecified atom stereocenters. The first kappa shape index (κ1) is 11.9. The van der Waals surface area contributed by atoms with Crippen molar-refractivity contribution in [2.75, 3.05) is 25.6 Å². The predicted octanol–water partition coefficient (Wildman–Crippen LogP) is -0.815. The highest BCUT2D eigenvalue weighted by molar-refractivity contribution is 5.90. The second-order valence-electron chi connectivity index (χ2n) is 3.07. The minimum atomic E-state index is -0.644. The van der Waals surface area contributed by atoms with E-state index in [1.165, 1.54) is 13.2 Å². The van der Waals surface area contributed by atoms with Crippen molar-refractivity contribution in [1.82, 2.24) is 10.2 Å². The third-order valence-electron chi connectivity index (χ3n) is 1.89. The number of primary amides is 1. The number of esters is 1. The number of anilines is 1. The van der Waals surface area contributed by atoms with E-state index >= 15 is 0 Å². The van der Waals surface area contributed by atoms with Crippen LogP contribution in [0.1, 0.15) is 10.5 Å². The smallest absolute Gasteiger partial charge is 0.325 e. The average Bonchev–Trinajstić information content (AvgIpc) is 2.28. The molecule has 1 heterocycles. The topological polar surface area (TPSA) is 98.4 Å². The number of aromatic nitrogens is 2. The van der Waals surface area contributed by atoms with E-state index in [2.05, 4.69) is 14.9 Å². The van der Waals surface area contributed by atoms with E-state index in [9.17, 15) is 9.59 Å². The van der Waals surface area contributed by atoms with Crippen molar-refractivity contribution in [3.05, 3.63) is 17.8 Å². The molecule has 16 heavy (non-hydrogen) atoms. The van der Waals surface area contributed by atoms with Crippen molar-refractivity contribution in [1.29, 1.82) is 0 Å². The number of likely N-dealkylation sites (N-methyl/N-ethyl adjacent to an activating group) is 1. The zero-order valence-electron chi connectivity index (χ0n) is 9.01. The molecule has 86 valence electrons. The summed E-state index contributed by atoms with van der Waals surface area (Å²) >= 11 is 0. The third kappa shape index (κ3) is 2.91. The lowest BCUT2D eigenvalue weighted by atomic mass is 10.3. The number of methoxy groups -OCH3 is 1. The van der Waals surface area contributed by atoms with Gasteiger partial charge in [-0.15, -0.1) is 10.2 Å². The van der Waals surface area contributed by atoms with Crippen molar-refractivity contribution in [3.63, 3.8) is 0 Å². The summed E-state index contributed by atoms with van der Waals surface area (Å²) < 4.78 is 4.50. The van der Waals surface area contributed by atoms with Crippen molar-refractivity contribution in [2.24, 2.45) is 5.73 Å². The first-order valence-corrected chi connectivity index (χ1v) is 4.46. The summed E-state index contributed by atoms with van der Waals surface area (Å²) in [5, 5.41) is 7.37. The minimum Gasteiger partial charge on any atom is -0.468 e. The van der Waals surface area contributed by atoms with Crippen molar-refractivity contribution < 1.29 is 14.3 Å². The molecule has 0 fully saturated rings. The predicted molar refractivity (Wildman–Crippen MR) is 55.8 cm³/mol. The fraction of sp³-hybridized carbons (Fsp3) is 0.333. The molecule has 0 atom stereocenters. The van der Waals surface area contributed by atoms with Crippen LogP contribution in [0.4, 0.5) is 5.82 Å². The zero-order chi connectivity index (χ0) is 12.1. The molecule has 2 N–H and O–H groups in total. The number of rotatable bonds is 4. The van der Waals surface area contributed by atoms with E-state index in [0.29, 0.717) is 5.82 Å². The maximum absolute atomic E-state index is 11.0. The van der Waals surface area contributed by atoms with Gasteiger partial charge in [0.1, 0.15) is 6.54 Å². The number of carbonyl (C=O) groups excluding carboxylic acids is 2. The molecule has 0 aliphatic carbocycles. The Morgan fingerprint density at radius 2 is 2.12 bits per heavy atom. The second-order valence-corrected chi connectivity index (χ2v) is 3.07. The van der Waals surface area contributed by atoms with Gasteiger partial charge in [-0.1, -0.05) is 0 Å². The van der Waals surface area contributed by atoms with E-state index in [0.717, 1.165) is 0 Å². The van der Waals surface area contributed by atoms with E-state index in [1.807, 2.05) is 0 Å². The normalized spacial score (nSPS) is 9.62. The Morgan fingerprint density at radius 3 is 2.56 bits per heavy atom. The molecule has 0 aliphatic rings. The van der Waals surface area contributed by atoms with Gasteiger partial charge in [0.05, 0.1) is 7.11 Å². The highest BCUT2D eigenvalue weighted by Gasteiger charge is 2.10. The highest BCUT2D eigenvalue weighted by Crippen LogP contribution is 2.06. The van der Waals surface area contributed by atoms with Crippen LogP contribution < -0.4 is 10.6 Å². The molecule has 0 saturated heterocycles. The first-order chi connectivity index (χ1) is 7.54. The van der Waals surface area contributed by atoms with Crippen molar-refractivity contribution in [3.8, 4) is 0 Å². The van der Waals surface area contributed by atoms with Crippen LogP contribution >= 0.6 is 0 Å². The molecule has 7 heteroatoms. The Kier molecular flexibility index (Phi) is 3.76. The van der Waals surface area contributed by atoms with Crippen LogP contribution in [-0.2, 0) is 9.53 Å². The molecular weight excluding hydrogens is 212 g/mol. The van der Waals surface area contributed by atoms with Gasteiger partial charge >= 0.3 is 5.97 Å². The lowest BCUT2D eigenvalue weighted by Crippen LogP contribution is -2.27. The van der Waals surface area contributed by atoms with Crippen LogP contribution in [0.2, 0.25) is 0 Å². The molecule has 1 rings (SSSR count). The van der Waals surface area contributed by atoms with Crippen LogP contribution in [0.5, 0.6) is 0 Å². The van der Waals surface area contributed by atoms with Crippen LogP contribution in [0, 0.1) is 0 Å². The van der Waals surface area contributed by atoms with Crippen LogP contribution in [0.15, 0.2) is 12.1 Å². The number of ether oxygens (including phenoxy) is 1. The highest BCUT2D eigenvalue weighted by atomic mass is 16.5. The second kappa shape index (κ2) is 5.06. The first-order valence-electron chi connectivity index (χ1n) is 4.46. The number of hydrogen-bond donors (Lipinski definition) is 1. The summed E-state index contributed by atoms with van der Waals surface area (Å²) in [6.45, 7) is 0.0566. The fourth-order valence-corrected chi connectivity index (χ4v) is 0.999. The van der Waals surface area contributed by atoms with Gasteiger partial charge in [-0.2, -0.15) is 0 Å². The SMILES string of the molecule is COC(=O)CN(C)c1ccc(C(N)=O)nn1. The van der Waals surface area contributed by atoms with Gasteiger partial charge in [0.25, 0.3) is 5.91 Å². The summed E-state index contributed by atoms with van der Waals surface area (Å²) in [5.41, 5.74) is 5.09.